The zero-order valence-electron chi connectivity index (χ0n) is 10.6. The summed E-state index contributed by atoms with van der Waals surface area (Å²) in [6, 6.07) is 5.77. The lowest BCUT2D eigenvalue weighted by Crippen LogP contribution is -2.38. The minimum Gasteiger partial charge on any atom is -0.484 e. The van der Waals surface area contributed by atoms with Crippen LogP contribution in [0.4, 0.5) is 0 Å². The summed E-state index contributed by atoms with van der Waals surface area (Å²) < 4.78 is 5.44. The zero-order chi connectivity index (χ0) is 13.0. The highest BCUT2D eigenvalue weighted by molar-refractivity contribution is 5.77. The molecule has 1 aromatic rings. The number of nitrogens with one attached hydrogen (secondary N) is 1. The maximum absolute atomic E-state index is 11.5. The van der Waals surface area contributed by atoms with E-state index < -0.39 is 0 Å². The summed E-state index contributed by atoms with van der Waals surface area (Å²) >= 11 is 0. The predicted octanol–water partition coefficient (Wildman–Crippen LogP) is 1.05. The fourth-order valence-electron chi connectivity index (χ4n) is 2.15. The van der Waals surface area contributed by atoms with Gasteiger partial charge in [0.05, 0.1) is 6.61 Å². The van der Waals surface area contributed by atoms with Gasteiger partial charge in [-0.25, -0.2) is 0 Å². The largest absolute Gasteiger partial charge is 0.484 e. The van der Waals surface area contributed by atoms with Gasteiger partial charge in [0.25, 0.3) is 5.91 Å². The number of hydrogen-bond acceptors (Lipinski definition) is 3. The monoisotopic (exact) mass is 249 g/mol. The van der Waals surface area contributed by atoms with E-state index in [-0.39, 0.29) is 25.2 Å². The molecule has 98 valence electrons. The van der Waals surface area contributed by atoms with Gasteiger partial charge in [-0.1, -0.05) is 6.07 Å². The minimum atomic E-state index is -0.235. The Labute approximate surface area is 107 Å². The van der Waals surface area contributed by atoms with E-state index in [2.05, 4.69) is 11.4 Å². The van der Waals surface area contributed by atoms with E-state index in [0.29, 0.717) is 0 Å². The molecule has 0 bridgehead atoms. The van der Waals surface area contributed by atoms with E-state index >= 15 is 0 Å². The van der Waals surface area contributed by atoms with Crippen LogP contribution in [0.3, 0.4) is 0 Å². The average molecular weight is 249 g/mol. The van der Waals surface area contributed by atoms with Crippen molar-refractivity contribution in [1.29, 1.82) is 0 Å². The molecule has 0 heterocycles. The van der Waals surface area contributed by atoms with Crippen molar-refractivity contribution >= 4 is 5.91 Å². The highest BCUT2D eigenvalue weighted by Crippen LogP contribution is 2.25. The lowest BCUT2D eigenvalue weighted by molar-refractivity contribution is -0.123. The van der Waals surface area contributed by atoms with Gasteiger partial charge in [0.1, 0.15) is 5.75 Å². The van der Waals surface area contributed by atoms with Gasteiger partial charge in [-0.3, -0.25) is 4.79 Å². The smallest absolute Gasteiger partial charge is 0.258 e. The van der Waals surface area contributed by atoms with Gasteiger partial charge in [0.2, 0.25) is 0 Å². The normalized spacial score (nSPS) is 15.0. The maximum Gasteiger partial charge on any atom is 0.258 e. The lowest BCUT2D eigenvalue weighted by atomic mass is 10.1. The fraction of sp³-hybridized carbons (Fsp3) is 0.500. The Balaban J connectivity index is 1.85. The fourth-order valence-corrected chi connectivity index (χ4v) is 2.15. The molecule has 0 saturated carbocycles. The van der Waals surface area contributed by atoms with E-state index in [4.69, 9.17) is 9.84 Å². The van der Waals surface area contributed by atoms with Gasteiger partial charge in [0, 0.05) is 6.04 Å². The van der Waals surface area contributed by atoms with E-state index in [1.54, 1.807) is 6.92 Å². The molecule has 0 aromatic heterocycles. The Morgan fingerprint density at radius 1 is 1.44 bits per heavy atom. The minimum absolute atomic E-state index is 0.0108. The van der Waals surface area contributed by atoms with Crippen LogP contribution in [-0.4, -0.2) is 30.3 Å². The van der Waals surface area contributed by atoms with Crippen LogP contribution in [0, 0.1) is 0 Å². The molecule has 1 atom stereocenters. The molecular formula is C14H19NO3. The van der Waals surface area contributed by atoms with Gasteiger partial charge >= 0.3 is 0 Å². The summed E-state index contributed by atoms with van der Waals surface area (Å²) in [6.07, 6.45) is 3.44. The van der Waals surface area contributed by atoms with E-state index in [9.17, 15) is 4.79 Å². The standard InChI is InChI=1S/C14H19NO3/c1-10(8-16)15-14(17)9-18-13-6-5-11-3-2-4-12(11)7-13/h5-7,10,16H,2-4,8-9H2,1H3,(H,15,17)/t10-/m0/s1. The van der Waals surface area contributed by atoms with Crippen LogP contribution in [-0.2, 0) is 17.6 Å². The van der Waals surface area contributed by atoms with E-state index in [1.165, 1.54) is 17.5 Å². The number of aliphatic hydroxyl groups is 1. The first-order valence-electron chi connectivity index (χ1n) is 6.34. The number of aryl methyl sites for hydroxylation is 2. The molecule has 4 heteroatoms. The zero-order valence-corrected chi connectivity index (χ0v) is 10.6. The molecule has 0 aliphatic heterocycles. The van der Waals surface area contributed by atoms with Crippen LogP contribution in [0.1, 0.15) is 24.5 Å². The van der Waals surface area contributed by atoms with Crippen molar-refractivity contribution < 1.29 is 14.6 Å². The average Bonchev–Trinajstić information content (AvgIpc) is 2.83. The first-order valence-corrected chi connectivity index (χ1v) is 6.34. The Kier molecular flexibility index (Phi) is 4.20. The summed E-state index contributed by atoms with van der Waals surface area (Å²) in [5, 5.41) is 11.5. The molecule has 0 radical (unpaired) electrons. The van der Waals surface area contributed by atoms with Gasteiger partial charge < -0.3 is 15.2 Å². The van der Waals surface area contributed by atoms with Crippen molar-refractivity contribution in [3.8, 4) is 5.75 Å². The molecule has 0 spiro atoms. The predicted molar refractivity (Wildman–Crippen MR) is 68.7 cm³/mol. The molecule has 1 amide bonds. The quantitative estimate of drug-likeness (QED) is 0.820. The maximum atomic E-state index is 11.5. The summed E-state index contributed by atoms with van der Waals surface area (Å²) in [5.74, 6) is 0.527. The second-order valence-electron chi connectivity index (χ2n) is 4.72. The number of rotatable bonds is 5. The molecule has 2 N–H and O–H groups in total. The second-order valence-corrected chi connectivity index (χ2v) is 4.72. The number of hydrogen-bond donors (Lipinski definition) is 2. The van der Waals surface area contributed by atoms with Crippen molar-refractivity contribution in [1.82, 2.24) is 5.32 Å². The van der Waals surface area contributed by atoms with Gasteiger partial charge in [-0.2, -0.15) is 0 Å². The molecule has 4 nitrogen and oxygen atoms in total. The molecule has 0 unspecified atom stereocenters. The van der Waals surface area contributed by atoms with Gasteiger partial charge in [0.15, 0.2) is 6.61 Å². The third-order valence-corrected chi connectivity index (χ3v) is 3.12. The third kappa shape index (κ3) is 3.23. The van der Waals surface area contributed by atoms with Crippen molar-refractivity contribution in [3.63, 3.8) is 0 Å². The Bertz CT molecular complexity index is 431. The summed E-state index contributed by atoms with van der Waals surface area (Å²) in [6.45, 7) is 1.67. The summed E-state index contributed by atoms with van der Waals surface area (Å²) in [4.78, 5) is 11.5. The highest BCUT2D eigenvalue weighted by Gasteiger charge is 2.12. The van der Waals surface area contributed by atoms with Crippen LogP contribution in [0.15, 0.2) is 18.2 Å². The first kappa shape index (κ1) is 12.9. The topological polar surface area (TPSA) is 58.6 Å². The van der Waals surface area contributed by atoms with Crippen LogP contribution >= 0.6 is 0 Å². The van der Waals surface area contributed by atoms with Crippen molar-refractivity contribution in [3.05, 3.63) is 29.3 Å². The SMILES string of the molecule is C[C@@H](CO)NC(=O)COc1ccc2c(c1)CCC2. The van der Waals surface area contributed by atoms with E-state index in [1.807, 2.05) is 12.1 Å². The number of benzene rings is 1. The molecule has 0 saturated heterocycles. The van der Waals surface area contributed by atoms with Crippen LogP contribution in [0.25, 0.3) is 0 Å². The number of aliphatic hydroxyl groups excluding tert-OH is 1. The molecule has 18 heavy (non-hydrogen) atoms. The molecule has 1 aromatic carbocycles. The Morgan fingerprint density at radius 3 is 3.00 bits per heavy atom. The molecular weight excluding hydrogens is 230 g/mol. The molecule has 0 fully saturated rings. The van der Waals surface area contributed by atoms with Gasteiger partial charge in [-0.15, -0.1) is 0 Å². The number of carbonyl (C=O) groups is 1. The van der Waals surface area contributed by atoms with Gasteiger partial charge in [-0.05, 0) is 49.4 Å². The van der Waals surface area contributed by atoms with Crippen molar-refractivity contribution in [2.24, 2.45) is 0 Å². The second kappa shape index (κ2) is 5.87. The molecule has 1 aliphatic rings. The summed E-state index contributed by atoms with van der Waals surface area (Å²) in [5.41, 5.74) is 2.72. The van der Waals surface area contributed by atoms with Crippen molar-refractivity contribution in [2.75, 3.05) is 13.2 Å². The van der Waals surface area contributed by atoms with Crippen LogP contribution in [0.2, 0.25) is 0 Å². The van der Waals surface area contributed by atoms with E-state index in [0.717, 1.165) is 18.6 Å². The van der Waals surface area contributed by atoms with Crippen LogP contribution in [0.5, 0.6) is 5.75 Å². The molecule has 2 rings (SSSR count). The van der Waals surface area contributed by atoms with Crippen molar-refractivity contribution in [2.45, 2.75) is 32.2 Å². The lowest BCUT2D eigenvalue weighted by Gasteiger charge is -2.12. The number of fused-ring (bicyclic) bond motifs is 1. The number of carbonyl (C=O) groups excluding carboxylic acids is 1. The number of amides is 1. The molecule has 1 aliphatic carbocycles. The first-order chi connectivity index (χ1) is 8.69. The Morgan fingerprint density at radius 2 is 2.22 bits per heavy atom. The highest BCUT2D eigenvalue weighted by atomic mass is 16.5. The summed E-state index contributed by atoms with van der Waals surface area (Å²) in [7, 11) is 0. The third-order valence-electron chi connectivity index (χ3n) is 3.12. The Hall–Kier alpha value is -1.55. The number of ether oxygens (including phenoxy) is 1. The van der Waals surface area contributed by atoms with Crippen LogP contribution < -0.4 is 10.1 Å².